The van der Waals surface area contributed by atoms with Gasteiger partial charge in [-0.1, -0.05) is 24.3 Å². The van der Waals surface area contributed by atoms with Crippen molar-refractivity contribution in [3.63, 3.8) is 0 Å². The van der Waals surface area contributed by atoms with Crippen LogP contribution in [-0.2, 0) is 6.18 Å². The Morgan fingerprint density at radius 1 is 1.13 bits per heavy atom. The standard InChI is InChI=1S/C16H13F4NO2/c17-13-7-2-1-6-12(13)15(23)21-9-14(22)10-4-3-5-11(8-10)16(18,19)20/h1-8,14,22H,9H2,(H,21,23)/t14-/m1/s1. The van der Waals surface area contributed by atoms with Crippen molar-refractivity contribution in [3.8, 4) is 0 Å². The molecule has 0 heterocycles. The van der Waals surface area contributed by atoms with Gasteiger partial charge in [0.25, 0.3) is 5.91 Å². The molecule has 1 atom stereocenters. The molecule has 0 radical (unpaired) electrons. The summed E-state index contributed by atoms with van der Waals surface area (Å²) in [5.41, 5.74) is -1.09. The van der Waals surface area contributed by atoms with E-state index in [4.69, 9.17) is 0 Å². The molecule has 0 fully saturated rings. The molecule has 2 N–H and O–H groups in total. The molecule has 1 amide bonds. The minimum atomic E-state index is -4.52. The molecule has 0 saturated carbocycles. The molecule has 0 bridgehead atoms. The molecule has 2 aromatic rings. The predicted octanol–water partition coefficient (Wildman–Crippen LogP) is 3.31. The van der Waals surface area contributed by atoms with Crippen molar-refractivity contribution >= 4 is 5.91 Å². The van der Waals surface area contributed by atoms with Gasteiger partial charge in [0.1, 0.15) is 5.82 Å². The summed E-state index contributed by atoms with van der Waals surface area (Å²) in [4.78, 5) is 11.8. The number of aliphatic hydroxyl groups is 1. The zero-order valence-corrected chi connectivity index (χ0v) is 11.8. The molecule has 0 spiro atoms. The molecule has 0 aliphatic rings. The van der Waals surface area contributed by atoms with Crippen LogP contribution in [0.15, 0.2) is 48.5 Å². The topological polar surface area (TPSA) is 49.3 Å². The Labute approximate surface area is 129 Å². The number of amides is 1. The summed E-state index contributed by atoms with van der Waals surface area (Å²) in [7, 11) is 0. The van der Waals surface area contributed by atoms with Gasteiger partial charge in [-0.05, 0) is 29.8 Å². The van der Waals surface area contributed by atoms with Crippen molar-refractivity contribution in [2.75, 3.05) is 6.54 Å². The fraction of sp³-hybridized carbons (Fsp3) is 0.188. The summed E-state index contributed by atoms with van der Waals surface area (Å²) in [6.07, 6.45) is -5.86. The third-order valence-electron chi connectivity index (χ3n) is 3.17. The second-order valence-corrected chi connectivity index (χ2v) is 4.83. The number of hydrogen-bond donors (Lipinski definition) is 2. The van der Waals surface area contributed by atoms with E-state index in [1.54, 1.807) is 0 Å². The first-order valence-electron chi connectivity index (χ1n) is 6.67. The Balaban J connectivity index is 2.04. The van der Waals surface area contributed by atoms with E-state index in [0.717, 1.165) is 18.2 Å². The third-order valence-corrected chi connectivity index (χ3v) is 3.17. The first-order valence-corrected chi connectivity index (χ1v) is 6.67. The highest BCUT2D eigenvalue weighted by atomic mass is 19.4. The Morgan fingerprint density at radius 2 is 1.83 bits per heavy atom. The number of carbonyl (C=O) groups excluding carboxylic acids is 1. The highest BCUT2D eigenvalue weighted by Gasteiger charge is 2.30. The van der Waals surface area contributed by atoms with Gasteiger partial charge in [0.2, 0.25) is 0 Å². The maximum Gasteiger partial charge on any atom is 0.416 e. The van der Waals surface area contributed by atoms with Crippen LogP contribution in [0.3, 0.4) is 0 Å². The molecule has 3 nitrogen and oxygen atoms in total. The monoisotopic (exact) mass is 327 g/mol. The number of halogens is 4. The smallest absolute Gasteiger partial charge is 0.387 e. The van der Waals surface area contributed by atoms with Gasteiger partial charge in [0, 0.05) is 6.54 Å². The number of nitrogens with one attached hydrogen (secondary N) is 1. The van der Waals surface area contributed by atoms with Gasteiger partial charge in [-0.25, -0.2) is 4.39 Å². The van der Waals surface area contributed by atoms with Crippen molar-refractivity contribution in [1.82, 2.24) is 5.32 Å². The average Bonchev–Trinajstić information content (AvgIpc) is 2.52. The highest BCUT2D eigenvalue weighted by molar-refractivity contribution is 5.94. The van der Waals surface area contributed by atoms with Crippen LogP contribution >= 0.6 is 0 Å². The number of rotatable bonds is 4. The van der Waals surface area contributed by atoms with E-state index >= 15 is 0 Å². The number of hydrogen-bond acceptors (Lipinski definition) is 2. The molecule has 0 aromatic heterocycles. The van der Waals surface area contributed by atoms with Gasteiger partial charge in [-0.3, -0.25) is 4.79 Å². The van der Waals surface area contributed by atoms with E-state index in [1.807, 2.05) is 0 Å². The van der Waals surface area contributed by atoms with E-state index in [-0.39, 0.29) is 17.7 Å². The van der Waals surface area contributed by atoms with Crippen molar-refractivity contribution in [1.29, 1.82) is 0 Å². The van der Waals surface area contributed by atoms with Crippen molar-refractivity contribution in [2.45, 2.75) is 12.3 Å². The van der Waals surface area contributed by atoms with Crippen LogP contribution < -0.4 is 5.32 Å². The quantitative estimate of drug-likeness (QED) is 0.847. The predicted molar refractivity (Wildman–Crippen MR) is 75.1 cm³/mol. The third kappa shape index (κ3) is 4.29. The van der Waals surface area contributed by atoms with Crippen molar-refractivity contribution in [3.05, 3.63) is 71.0 Å². The Morgan fingerprint density at radius 3 is 2.48 bits per heavy atom. The number of benzene rings is 2. The van der Waals surface area contributed by atoms with Gasteiger partial charge >= 0.3 is 6.18 Å². The van der Waals surface area contributed by atoms with Crippen molar-refractivity contribution < 1.29 is 27.5 Å². The summed E-state index contributed by atoms with van der Waals surface area (Å²) >= 11 is 0. The molecule has 0 aliphatic carbocycles. The summed E-state index contributed by atoms with van der Waals surface area (Å²) in [5, 5.41) is 12.2. The van der Waals surface area contributed by atoms with E-state index in [0.29, 0.717) is 0 Å². The molecular formula is C16H13F4NO2. The maximum absolute atomic E-state index is 13.4. The van der Waals surface area contributed by atoms with E-state index in [9.17, 15) is 27.5 Å². The maximum atomic E-state index is 13.4. The normalized spacial score (nSPS) is 12.7. The molecule has 0 aliphatic heterocycles. The fourth-order valence-electron chi connectivity index (χ4n) is 1.97. The first kappa shape index (κ1) is 17.0. The molecule has 7 heteroatoms. The first-order chi connectivity index (χ1) is 10.8. The van der Waals surface area contributed by atoms with Crippen LogP contribution in [0.2, 0.25) is 0 Å². The van der Waals surface area contributed by atoms with Gasteiger partial charge in [0.15, 0.2) is 0 Å². The van der Waals surface area contributed by atoms with Crippen LogP contribution in [0, 0.1) is 5.82 Å². The minimum absolute atomic E-state index is 0.00802. The lowest BCUT2D eigenvalue weighted by Gasteiger charge is -2.14. The summed E-state index contributed by atoms with van der Waals surface area (Å²) in [5.74, 6) is -1.48. The van der Waals surface area contributed by atoms with Gasteiger partial charge in [0.05, 0.1) is 17.2 Å². The molecule has 0 saturated heterocycles. The molecular weight excluding hydrogens is 314 g/mol. The molecule has 122 valence electrons. The lowest BCUT2D eigenvalue weighted by atomic mass is 10.1. The summed E-state index contributed by atoms with van der Waals surface area (Å²) < 4.78 is 51.3. The number of alkyl halides is 3. The highest BCUT2D eigenvalue weighted by Crippen LogP contribution is 2.30. The molecule has 23 heavy (non-hydrogen) atoms. The van der Waals surface area contributed by atoms with E-state index < -0.39 is 29.6 Å². The second-order valence-electron chi connectivity index (χ2n) is 4.83. The molecule has 2 aromatic carbocycles. The second kappa shape index (κ2) is 6.78. The van der Waals surface area contributed by atoms with Crippen LogP contribution in [0.1, 0.15) is 27.6 Å². The lowest BCUT2D eigenvalue weighted by Crippen LogP contribution is -2.29. The van der Waals surface area contributed by atoms with Crippen LogP contribution in [-0.4, -0.2) is 17.6 Å². The van der Waals surface area contributed by atoms with E-state index in [1.165, 1.54) is 30.3 Å². The van der Waals surface area contributed by atoms with Crippen LogP contribution in [0.5, 0.6) is 0 Å². The number of carbonyl (C=O) groups is 1. The Hall–Kier alpha value is -2.41. The average molecular weight is 327 g/mol. The van der Waals surface area contributed by atoms with Gasteiger partial charge < -0.3 is 10.4 Å². The zero-order valence-electron chi connectivity index (χ0n) is 11.8. The largest absolute Gasteiger partial charge is 0.416 e. The van der Waals surface area contributed by atoms with E-state index in [2.05, 4.69) is 5.32 Å². The van der Waals surface area contributed by atoms with Gasteiger partial charge in [-0.15, -0.1) is 0 Å². The zero-order chi connectivity index (χ0) is 17.0. The van der Waals surface area contributed by atoms with Crippen molar-refractivity contribution in [2.24, 2.45) is 0 Å². The van der Waals surface area contributed by atoms with Gasteiger partial charge in [-0.2, -0.15) is 13.2 Å². The number of aliphatic hydroxyl groups excluding tert-OH is 1. The van der Waals surface area contributed by atoms with Crippen LogP contribution in [0.4, 0.5) is 17.6 Å². The molecule has 2 rings (SSSR count). The fourth-order valence-corrected chi connectivity index (χ4v) is 1.97. The SMILES string of the molecule is O=C(NC[C@@H](O)c1cccc(C(F)(F)F)c1)c1ccccc1F. The lowest BCUT2D eigenvalue weighted by molar-refractivity contribution is -0.137. The summed E-state index contributed by atoms with van der Waals surface area (Å²) in [6, 6.07) is 9.44. The summed E-state index contributed by atoms with van der Waals surface area (Å²) in [6.45, 7) is -0.339. The van der Waals surface area contributed by atoms with Crippen LogP contribution in [0.25, 0.3) is 0 Å². The molecule has 0 unspecified atom stereocenters. The minimum Gasteiger partial charge on any atom is -0.387 e. The Bertz CT molecular complexity index is 700. The Kier molecular flexibility index (Phi) is 5.00.